The predicted molar refractivity (Wildman–Crippen MR) is 88.4 cm³/mol. The van der Waals surface area contributed by atoms with Gasteiger partial charge in [0.05, 0.1) is 0 Å². The molecule has 104 valence electrons. The summed E-state index contributed by atoms with van der Waals surface area (Å²) in [6, 6.07) is 11.3. The van der Waals surface area contributed by atoms with Crippen molar-refractivity contribution in [2.24, 2.45) is 0 Å². The van der Waals surface area contributed by atoms with Gasteiger partial charge >= 0.3 is 124 Å². The molecule has 0 bridgehead atoms. The van der Waals surface area contributed by atoms with Crippen molar-refractivity contribution >= 4 is 20.3 Å². The van der Waals surface area contributed by atoms with Crippen molar-refractivity contribution in [2.45, 2.75) is 43.6 Å². The van der Waals surface area contributed by atoms with Gasteiger partial charge in [0.15, 0.2) is 0 Å². The average Bonchev–Trinajstić information content (AvgIpc) is 2.47. The van der Waals surface area contributed by atoms with Crippen molar-refractivity contribution < 1.29 is 0 Å². The van der Waals surface area contributed by atoms with Crippen LogP contribution in [0.15, 0.2) is 42.6 Å². The summed E-state index contributed by atoms with van der Waals surface area (Å²) in [5, 5.41) is 0. The molecule has 0 aliphatic carbocycles. The fourth-order valence-corrected chi connectivity index (χ4v) is 8.83. The molecule has 1 nitrogen and oxygen atoms in total. The Morgan fingerprint density at radius 2 is 1.68 bits per heavy atom. The van der Waals surface area contributed by atoms with Gasteiger partial charge in [0, 0.05) is 0 Å². The average molecular weight is 316 g/mol. The third-order valence-corrected chi connectivity index (χ3v) is 11.3. The summed E-state index contributed by atoms with van der Waals surface area (Å²) in [5.41, 5.74) is 0. The summed E-state index contributed by atoms with van der Waals surface area (Å²) in [6.07, 6.45) is 7.27. The van der Waals surface area contributed by atoms with Gasteiger partial charge < -0.3 is 0 Å². The number of rotatable bonds is 9. The molecule has 1 aromatic rings. The van der Waals surface area contributed by atoms with Gasteiger partial charge in [0.25, 0.3) is 0 Å². The SMILES string of the molecule is CC[CH2][Ga]([CH2]CC=CN(CC)CC)[c]1ccccc1. The molecule has 0 N–H and O–H groups in total. The van der Waals surface area contributed by atoms with Gasteiger partial charge in [-0.25, -0.2) is 0 Å². The number of allylic oxidation sites excluding steroid dienone is 1. The summed E-state index contributed by atoms with van der Waals surface area (Å²) in [5.74, 6) is 0. The molecular weight excluding hydrogens is 288 g/mol. The Morgan fingerprint density at radius 1 is 1.00 bits per heavy atom. The standard InChI is InChI=1S/C8H16N.C6H5.C3H7.Ga/c1-4-7-8-9(5-2)6-3;1-2-4-6-5-3-1;1-3-2;/h7-8H,1,4-6H2,2-3H3;1-5H;1,3H2,2H3;. The van der Waals surface area contributed by atoms with E-state index in [4.69, 9.17) is 0 Å². The molecule has 2 heteroatoms. The van der Waals surface area contributed by atoms with Crippen molar-refractivity contribution in [1.82, 2.24) is 4.90 Å². The van der Waals surface area contributed by atoms with Crippen LogP contribution in [0, 0.1) is 0 Å². The first-order valence-corrected chi connectivity index (χ1v) is 12.4. The summed E-state index contributed by atoms with van der Waals surface area (Å²) in [6.45, 7) is 8.99. The normalized spacial score (nSPS) is 10.9. The zero-order valence-electron chi connectivity index (χ0n) is 12.8. The van der Waals surface area contributed by atoms with Gasteiger partial charge in [-0.2, -0.15) is 0 Å². The van der Waals surface area contributed by atoms with Crippen LogP contribution in [-0.4, -0.2) is 34.2 Å². The zero-order chi connectivity index (χ0) is 13.9. The van der Waals surface area contributed by atoms with E-state index in [1.165, 1.54) is 22.8 Å². The minimum atomic E-state index is -1.25. The zero-order valence-corrected chi connectivity index (χ0v) is 15.2. The molecule has 0 radical (unpaired) electrons. The molecule has 1 aromatic carbocycles. The third kappa shape index (κ3) is 6.39. The van der Waals surface area contributed by atoms with E-state index >= 15 is 0 Å². The van der Waals surface area contributed by atoms with Gasteiger partial charge in [-0.15, -0.1) is 0 Å². The topological polar surface area (TPSA) is 3.24 Å². The molecule has 19 heavy (non-hydrogen) atoms. The number of nitrogens with zero attached hydrogens (tertiary/aromatic N) is 1. The second kappa shape index (κ2) is 10.2. The Hall–Kier alpha value is -0.604. The number of hydrogen-bond acceptors (Lipinski definition) is 1. The van der Waals surface area contributed by atoms with Crippen LogP contribution in [0.2, 0.25) is 9.95 Å². The van der Waals surface area contributed by atoms with Crippen LogP contribution in [0.4, 0.5) is 0 Å². The van der Waals surface area contributed by atoms with Crippen molar-refractivity contribution in [3.8, 4) is 0 Å². The maximum atomic E-state index is 2.38. The van der Waals surface area contributed by atoms with Crippen molar-refractivity contribution in [1.29, 1.82) is 0 Å². The molecule has 0 unspecified atom stereocenters. The quantitative estimate of drug-likeness (QED) is 0.622. The van der Waals surface area contributed by atoms with Crippen molar-refractivity contribution in [3.05, 3.63) is 42.6 Å². The molecule has 0 atom stereocenters. The van der Waals surface area contributed by atoms with Gasteiger partial charge in [-0.1, -0.05) is 0 Å². The van der Waals surface area contributed by atoms with Crippen LogP contribution in [0.25, 0.3) is 0 Å². The van der Waals surface area contributed by atoms with Crippen LogP contribution in [0.3, 0.4) is 0 Å². The fraction of sp³-hybridized carbons (Fsp3) is 0.529. The first-order valence-electron chi connectivity index (χ1n) is 7.77. The monoisotopic (exact) mass is 315 g/mol. The second-order valence-corrected chi connectivity index (χ2v) is 11.8. The molecular formula is C17H28GaN. The number of benzene rings is 1. The van der Waals surface area contributed by atoms with Crippen molar-refractivity contribution in [2.75, 3.05) is 13.1 Å². The fourth-order valence-electron chi connectivity index (χ4n) is 2.51. The Kier molecular flexibility index (Phi) is 8.85. The first-order chi connectivity index (χ1) is 9.31. The first kappa shape index (κ1) is 16.5. The van der Waals surface area contributed by atoms with E-state index in [2.05, 4.69) is 68.3 Å². The molecule has 0 saturated heterocycles. The molecule has 0 saturated carbocycles. The maximum absolute atomic E-state index is 2.38. The Bertz CT molecular complexity index is 344. The van der Waals surface area contributed by atoms with Crippen LogP contribution in [0.1, 0.15) is 33.6 Å². The van der Waals surface area contributed by atoms with Gasteiger partial charge in [0.1, 0.15) is 0 Å². The Balaban J connectivity index is 2.47. The molecule has 0 fully saturated rings. The second-order valence-electron chi connectivity index (χ2n) is 5.08. The van der Waals surface area contributed by atoms with Crippen molar-refractivity contribution in [3.63, 3.8) is 0 Å². The minimum absolute atomic E-state index is 1.12. The van der Waals surface area contributed by atoms with Crippen LogP contribution in [0.5, 0.6) is 0 Å². The van der Waals surface area contributed by atoms with Gasteiger partial charge in [-0.3, -0.25) is 0 Å². The van der Waals surface area contributed by atoms with E-state index in [1.54, 1.807) is 4.12 Å². The Labute approximate surface area is 124 Å². The van der Waals surface area contributed by atoms with E-state index in [9.17, 15) is 0 Å². The molecule has 1 rings (SSSR count). The summed E-state index contributed by atoms with van der Waals surface area (Å²) < 4.78 is 1.69. The van der Waals surface area contributed by atoms with E-state index in [0.717, 1.165) is 13.1 Å². The van der Waals surface area contributed by atoms with E-state index in [1.807, 2.05) is 0 Å². The van der Waals surface area contributed by atoms with E-state index in [0.29, 0.717) is 0 Å². The molecule has 0 aliphatic heterocycles. The Morgan fingerprint density at radius 3 is 2.26 bits per heavy atom. The predicted octanol–water partition coefficient (Wildman–Crippen LogP) is 4.04. The van der Waals surface area contributed by atoms with Crippen LogP contribution >= 0.6 is 0 Å². The molecule has 0 spiro atoms. The third-order valence-electron chi connectivity index (χ3n) is 3.72. The summed E-state index contributed by atoms with van der Waals surface area (Å²) in [7, 11) is 0. The molecule has 0 amide bonds. The van der Waals surface area contributed by atoms with Gasteiger partial charge in [0.2, 0.25) is 0 Å². The van der Waals surface area contributed by atoms with Crippen LogP contribution < -0.4 is 4.12 Å². The van der Waals surface area contributed by atoms with E-state index in [-0.39, 0.29) is 0 Å². The molecule has 0 heterocycles. The summed E-state index contributed by atoms with van der Waals surface area (Å²) in [4.78, 5) is 5.29. The van der Waals surface area contributed by atoms with E-state index < -0.39 is 16.2 Å². The molecule has 0 aromatic heterocycles. The van der Waals surface area contributed by atoms with Gasteiger partial charge in [-0.05, 0) is 0 Å². The number of hydrogen-bond donors (Lipinski definition) is 0. The van der Waals surface area contributed by atoms with Crippen LogP contribution in [-0.2, 0) is 0 Å². The summed E-state index contributed by atoms with van der Waals surface area (Å²) >= 11 is -1.25. The molecule has 0 aliphatic rings.